The van der Waals surface area contributed by atoms with Crippen LogP contribution in [0.25, 0.3) is 10.2 Å². The highest BCUT2D eigenvalue weighted by Crippen LogP contribution is 2.40. The third-order valence-corrected chi connectivity index (χ3v) is 5.46. The van der Waals surface area contributed by atoms with Gasteiger partial charge in [0.25, 0.3) is 0 Å². The van der Waals surface area contributed by atoms with E-state index in [0.717, 1.165) is 29.4 Å². The molecule has 1 heterocycles. The Bertz CT molecular complexity index is 717. The lowest BCUT2D eigenvalue weighted by Gasteiger charge is -1.99. The van der Waals surface area contributed by atoms with E-state index in [1.165, 1.54) is 36.3 Å². The van der Waals surface area contributed by atoms with Gasteiger partial charge in [-0.2, -0.15) is 0 Å². The number of nitro groups is 1. The van der Waals surface area contributed by atoms with Crippen molar-refractivity contribution in [2.45, 2.75) is 30.0 Å². The number of nitro benzene ring substituents is 1. The molecule has 0 bridgehead atoms. The first kappa shape index (κ1) is 17.5. The number of methoxy groups -OCH3 is 1. The van der Waals surface area contributed by atoms with Crippen LogP contribution in [0.1, 0.15) is 25.7 Å². The summed E-state index contributed by atoms with van der Waals surface area (Å²) in [4.78, 5) is 25.8. The normalized spacial score (nSPS) is 10.8. The second-order valence-corrected chi connectivity index (χ2v) is 7.09. The number of phenols is 1. The summed E-state index contributed by atoms with van der Waals surface area (Å²) in [6.45, 7) is 0. The molecule has 2 rings (SSSR count). The number of thiazole rings is 1. The minimum atomic E-state index is -0.586. The summed E-state index contributed by atoms with van der Waals surface area (Å²) in [6.07, 6.45) is 3.04. The fourth-order valence-electron chi connectivity index (χ4n) is 2.00. The number of hydrogen-bond donors (Lipinski definition) is 1. The summed E-state index contributed by atoms with van der Waals surface area (Å²) in [7, 11) is 1.38. The van der Waals surface area contributed by atoms with Gasteiger partial charge in [0.1, 0.15) is 4.70 Å². The zero-order chi connectivity index (χ0) is 16.8. The van der Waals surface area contributed by atoms with E-state index in [1.54, 1.807) is 6.07 Å². The summed E-state index contributed by atoms with van der Waals surface area (Å²) < 4.78 is 5.70. The van der Waals surface area contributed by atoms with E-state index in [1.807, 2.05) is 0 Å². The van der Waals surface area contributed by atoms with Crippen LogP contribution in [0.2, 0.25) is 0 Å². The number of aromatic hydroxyl groups is 1. The molecule has 0 radical (unpaired) electrons. The summed E-state index contributed by atoms with van der Waals surface area (Å²) in [5.74, 6) is 0.280. The summed E-state index contributed by atoms with van der Waals surface area (Å²) in [6, 6.07) is 2.87. The minimum Gasteiger partial charge on any atom is -0.502 e. The lowest BCUT2D eigenvalue weighted by Crippen LogP contribution is -1.99. The number of phenolic OH excluding ortho intramolecular Hbond substituents is 1. The van der Waals surface area contributed by atoms with Crippen molar-refractivity contribution >= 4 is 45.0 Å². The molecule has 124 valence electrons. The summed E-state index contributed by atoms with van der Waals surface area (Å²) in [5, 5.41) is 20.7. The van der Waals surface area contributed by atoms with Gasteiger partial charge in [-0.1, -0.05) is 18.2 Å². The first-order valence-electron chi connectivity index (χ1n) is 6.99. The maximum absolute atomic E-state index is 11.0. The van der Waals surface area contributed by atoms with E-state index in [2.05, 4.69) is 9.72 Å². The number of ether oxygens (including phenoxy) is 1. The van der Waals surface area contributed by atoms with Crippen molar-refractivity contribution in [2.75, 3.05) is 12.9 Å². The largest absolute Gasteiger partial charge is 0.502 e. The second-order valence-electron chi connectivity index (χ2n) is 4.75. The topological polar surface area (TPSA) is 103 Å². The molecule has 0 aliphatic rings. The molecular weight excluding hydrogens is 340 g/mol. The van der Waals surface area contributed by atoms with E-state index in [-0.39, 0.29) is 17.4 Å². The third-order valence-electron chi connectivity index (χ3n) is 3.15. The molecule has 0 unspecified atom stereocenters. The monoisotopic (exact) mass is 356 g/mol. The maximum atomic E-state index is 11.0. The number of rotatable bonds is 8. The molecular formula is C14H16N2O5S2. The Balaban J connectivity index is 1.91. The lowest BCUT2D eigenvalue weighted by molar-refractivity contribution is -0.383. The van der Waals surface area contributed by atoms with E-state index in [0.29, 0.717) is 16.6 Å². The Morgan fingerprint density at radius 1 is 1.43 bits per heavy atom. The summed E-state index contributed by atoms with van der Waals surface area (Å²) >= 11 is 2.74. The number of benzene rings is 1. The first-order valence-corrected chi connectivity index (χ1v) is 8.79. The van der Waals surface area contributed by atoms with E-state index in [9.17, 15) is 20.0 Å². The average Bonchev–Trinajstić information content (AvgIpc) is 2.92. The predicted molar refractivity (Wildman–Crippen MR) is 89.1 cm³/mol. The zero-order valence-electron chi connectivity index (χ0n) is 12.5. The standard InChI is InChI=1S/C14H16N2O5S2/c1-21-11(18)5-3-2-4-8-22-14-15-9-6-7-10(17)12(16(19)20)13(9)23-14/h6-7,17H,2-5,8H2,1H3. The minimum absolute atomic E-state index is 0.198. The van der Waals surface area contributed by atoms with Crippen molar-refractivity contribution in [3.8, 4) is 5.75 Å². The van der Waals surface area contributed by atoms with Gasteiger partial charge in [0.15, 0.2) is 10.1 Å². The number of esters is 1. The fourth-order valence-corrected chi connectivity index (χ4v) is 4.23. The van der Waals surface area contributed by atoms with Gasteiger partial charge in [-0.3, -0.25) is 14.9 Å². The van der Waals surface area contributed by atoms with Crippen LogP contribution < -0.4 is 0 Å². The van der Waals surface area contributed by atoms with Crippen molar-refractivity contribution in [3.05, 3.63) is 22.2 Å². The number of aromatic nitrogens is 1. The van der Waals surface area contributed by atoms with Crippen LogP contribution in [0.5, 0.6) is 5.75 Å². The highest BCUT2D eigenvalue weighted by atomic mass is 32.2. The molecule has 1 aromatic heterocycles. The van der Waals surface area contributed by atoms with Gasteiger partial charge in [-0.05, 0) is 25.0 Å². The SMILES string of the molecule is COC(=O)CCCCCSc1nc2ccc(O)c([N+](=O)[O-])c2s1. The highest BCUT2D eigenvalue weighted by Gasteiger charge is 2.21. The molecule has 9 heteroatoms. The van der Waals surface area contributed by atoms with Crippen LogP contribution in [-0.2, 0) is 9.53 Å². The lowest BCUT2D eigenvalue weighted by atomic mass is 10.2. The van der Waals surface area contributed by atoms with Gasteiger partial charge < -0.3 is 9.84 Å². The molecule has 1 N–H and O–H groups in total. The molecule has 2 aromatic rings. The van der Waals surface area contributed by atoms with Crippen LogP contribution in [0.3, 0.4) is 0 Å². The molecule has 0 atom stereocenters. The molecule has 0 saturated carbocycles. The van der Waals surface area contributed by atoms with E-state index >= 15 is 0 Å². The van der Waals surface area contributed by atoms with Crippen molar-refractivity contribution in [2.24, 2.45) is 0 Å². The second kappa shape index (κ2) is 8.11. The van der Waals surface area contributed by atoms with Crippen LogP contribution in [0.15, 0.2) is 16.5 Å². The predicted octanol–water partition coefficient (Wildman–Crippen LogP) is 3.74. The third kappa shape index (κ3) is 4.55. The smallest absolute Gasteiger partial charge is 0.330 e. The quantitative estimate of drug-likeness (QED) is 0.253. The molecule has 0 spiro atoms. The molecule has 0 fully saturated rings. The molecule has 23 heavy (non-hydrogen) atoms. The number of carbonyl (C=O) groups is 1. The fraction of sp³-hybridized carbons (Fsp3) is 0.429. The van der Waals surface area contributed by atoms with Gasteiger partial charge in [0.2, 0.25) is 0 Å². The number of thioether (sulfide) groups is 1. The van der Waals surface area contributed by atoms with E-state index in [4.69, 9.17) is 0 Å². The molecule has 0 amide bonds. The van der Waals surface area contributed by atoms with Crippen molar-refractivity contribution in [1.82, 2.24) is 4.98 Å². The van der Waals surface area contributed by atoms with Crippen LogP contribution >= 0.6 is 23.1 Å². The Hall–Kier alpha value is -1.87. The van der Waals surface area contributed by atoms with Crippen LogP contribution in [0, 0.1) is 10.1 Å². The highest BCUT2D eigenvalue weighted by molar-refractivity contribution is 8.01. The van der Waals surface area contributed by atoms with Gasteiger partial charge in [0, 0.05) is 12.2 Å². The number of hydrogen-bond acceptors (Lipinski definition) is 8. The average molecular weight is 356 g/mol. The molecule has 0 aliphatic heterocycles. The molecule has 7 nitrogen and oxygen atoms in total. The molecule has 0 saturated heterocycles. The van der Waals surface area contributed by atoms with Crippen molar-refractivity contribution in [1.29, 1.82) is 0 Å². The Morgan fingerprint density at radius 3 is 2.91 bits per heavy atom. The zero-order valence-corrected chi connectivity index (χ0v) is 14.1. The van der Waals surface area contributed by atoms with Crippen LogP contribution in [0.4, 0.5) is 5.69 Å². The maximum Gasteiger partial charge on any atom is 0.330 e. The molecule has 1 aromatic carbocycles. The summed E-state index contributed by atoms with van der Waals surface area (Å²) in [5.41, 5.74) is 0.234. The number of nitrogens with zero attached hydrogens (tertiary/aromatic N) is 2. The van der Waals surface area contributed by atoms with Crippen molar-refractivity contribution in [3.63, 3.8) is 0 Å². The Morgan fingerprint density at radius 2 is 2.22 bits per heavy atom. The van der Waals surface area contributed by atoms with Crippen LogP contribution in [-0.4, -0.2) is 33.8 Å². The van der Waals surface area contributed by atoms with E-state index < -0.39 is 4.92 Å². The number of carbonyl (C=O) groups excluding carboxylic acids is 1. The molecule has 0 aliphatic carbocycles. The van der Waals surface area contributed by atoms with Gasteiger partial charge in [0.05, 0.1) is 17.5 Å². The van der Waals surface area contributed by atoms with Gasteiger partial charge >= 0.3 is 11.7 Å². The Labute approximate surface area is 140 Å². The number of unbranched alkanes of at least 4 members (excludes halogenated alkanes) is 2. The Kier molecular flexibility index (Phi) is 6.17. The van der Waals surface area contributed by atoms with Gasteiger partial charge in [-0.15, -0.1) is 11.3 Å². The number of fused-ring (bicyclic) bond motifs is 1. The van der Waals surface area contributed by atoms with Crippen molar-refractivity contribution < 1.29 is 19.6 Å². The van der Waals surface area contributed by atoms with Gasteiger partial charge in [-0.25, -0.2) is 4.98 Å². The first-order chi connectivity index (χ1) is 11.0.